The van der Waals surface area contributed by atoms with Gasteiger partial charge in [-0.1, -0.05) is 23.4 Å². The van der Waals surface area contributed by atoms with Crippen LogP contribution >= 0.6 is 0 Å². The number of hydrogen-bond acceptors (Lipinski definition) is 5. The van der Waals surface area contributed by atoms with E-state index in [2.05, 4.69) is 20.3 Å². The van der Waals surface area contributed by atoms with Crippen molar-refractivity contribution < 1.29 is 4.52 Å². The van der Waals surface area contributed by atoms with Gasteiger partial charge in [0.2, 0.25) is 5.96 Å². The molecular weight excluding hydrogens is 232 g/mol. The van der Waals surface area contributed by atoms with E-state index in [-0.39, 0.29) is 5.96 Å². The minimum Gasteiger partial charge on any atom is -0.369 e. The zero-order valence-corrected chi connectivity index (χ0v) is 9.74. The average molecular weight is 244 g/mol. The summed E-state index contributed by atoms with van der Waals surface area (Å²) in [4.78, 5) is 4.16. The summed E-state index contributed by atoms with van der Waals surface area (Å²) in [5.74, 6) is 0.901. The summed E-state index contributed by atoms with van der Waals surface area (Å²) in [6.07, 6.45) is 1.52. The molecule has 0 atom stereocenters. The Kier molecular flexibility index (Phi) is 3.33. The topological polar surface area (TPSA) is 116 Å². The van der Waals surface area contributed by atoms with E-state index >= 15 is 0 Å². The Bertz CT molecular complexity index is 597. The van der Waals surface area contributed by atoms with Crippen molar-refractivity contribution in [2.24, 2.45) is 21.7 Å². The summed E-state index contributed by atoms with van der Waals surface area (Å²) in [6.45, 7) is 1.75. The van der Waals surface area contributed by atoms with Crippen LogP contribution in [-0.2, 0) is 0 Å². The maximum Gasteiger partial charge on any atom is 0.258 e. The molecule has 2 aromatic rings. The fourth-order valence-electron chi connectivity index (χ4n) is 1.37. The fourth-order valence-corrected chi connectivity index (χ4v) is 1.37. The van der Waals surface area contributed by atoms with E-state index in [1.54, 1.807) is 6.92 Å². The highest BCUT2D eigenvalue weighted by Gasteiger charge is 2.09. The summed E-state index contributed by atoms with van der Waals surface area (Å²) in [5, 5.41) is 11.0. The molecule has 1 heterocycles. The fraction of sp³-hybridized carbons (Fsp3) is 0.0909. The Balaban J connectivity index is 2.37. The van der Waals surface area contributed by atoms with Crippen molar-refractivity contribution in [3.8, 4) is 11.5 Å². The number of rotatable bonds is 3. The van der Waals surface area contributed by atoms with Gasteiger partial charge in [-0.15, -0.1) is 5.10 Å². The standard InChI is InChI=1S/C11H12N6O/c1-7-15-10(18-17-7)9-5-3-2-4-8(9)6-14-16-11(12)13/h2-6H,1H3,(H4,12,13,16). The van der Waals surface area contributed by atoms with Gasteiger partial charge in [0.1, 0.15) is 0 Å². The zero-order valence-electron chi connectivity index (χ0n) is 9.74. The quantitative estimate of drug-likeness (QED) is 0.467. The molecule has 1 aromatic heterocycles. The van der Waals surface area contributed by atoms with E-state index in [0.29, 0.717) is 11.7 Å². The van der Waals surface area contributed by atoms with Gasteiger partial charge >= 0.3 is 0 Å². The largest absolute Gasteiger partial charge is 0.369 e. The number of nitrogens with zero attached hydrogens (tertiary/aromatic N) is 4. The molecular formula is C11H12N6O. The Morgan fingerprint density at radius 1 is 1.33 bits per heavy atom. The molecule has 4 N–H and O–H groups in total. The molecule has 0 unspecified atom stereocenters. The molecule has 0 aliphatic carbocycles. The van der Waals surface area contributed by atoms with Gasteiger partial charge in [0.25, 0.3) is 5.89 Å². The lowest BCUT2D eigenvalue weighted by molar-refractivity contribution is 0.425. The minimum atomic E-state index is -0.0997. The van der Waals surface area contributed by atoms with E-state index in [4.69, 9.17) is 16.0 Å². The number of nitrogens with two attached hydrogens (primary N) is 2. The van der Waals surface area contributed by atoms with Crippen molar-refractivity contribution in [2.45, 2.75) is 6.92 Å². The third kappa shape index (κ3) is 2.70. The summed E-state index contributed by atoms with van der Waals surface area (Å²) >= 11 is 0. The first kappa shape index (κ1) is 11.8. The van der Waals surface area contributed by atoms with Crippen molar-refractivity contribution in [3.05, 3.63) is 35.7 Å². The van der Waals surface area contributed by atoms with E-state index in [1.165, 1.54) is 6.21 Å². The van der Waals surface area contributed by atoms with Crippen LogP contribution in [0.2, 0.25) is 0 Å². The van der Waals surface area contributed by atoms with Gasteiger partial charge in [-0.25, -0.2) is 0 Å². The van der Waals surface area contributed by atoms with Crippen LogP contribution < -0.4 is 11.5 Å². The first-order valence-corrected chi connectivity index (χ1v) is 5.18. The minimum absolute atomic E-state index is 0.0997. The molecule has 0 saturated heterocycles. The van der Waals surface area contributed by atoms with Gasteiger partial charge < -0.3 is 16.0 Å². The van der Waals surface area contributed by atoms with Gasteiger partial charge in [0.15, 0.2) is 5.82 Å². The van der Waals surface area contributed by atoms with Crippen LogP contribution in [0.15, 0.2) is 39.0 Å². The highest BCUT2D eigenvalue weighted by molar-refractivity contribution is 5.89. The smallest absolute Gasteiger partial charge is 0.258 e. The highest BCUT2D eigenvalue weighted by atomic mass is 16.5. The van der Waals surface area contributed by atoms with Crippen molar-refractivity contribution >= 4 is 12.2 Å². The summed E-state index contributed by atoms with van der Waals surface area (Å²) < 4.78 is 5.11. The third-order valence-electron chi connectivity index (χ3n) is 2.09. The van der Waals surface area contributed by atoms with E-state index in [1.807, 2.05) is 24.3 Å². The van der Waals surface area contributed by atoms with Gasteiger partial charge in [-0.05, 0) is 13.0 Å². The second-order valence-electron chi connectivity index (χ2n) is 3.50. The van der Waals surface area contributed by atoms with Crippen LogP contribution in [0.1, 0.15) is 11.4 Å². The zero-order chi connectivity index (χ0) is 13.0. The maximum absolute atomic E-state index is 5.18. The molecule has 0 saturated carbocycles. The van der Waals surface area contributed by atoms with Crippen LogP contribution in [0.25, 0.3) is 11.5 Å². The van der Waals surface area contributed by atoms with Crippen molar-refractivity contribution in [1.82, 2.24) is 10.1 Å². The Labute approximate surface area is 103 Å². The Morgan fingerprint density at radius 3 is 2.78 bits per heavy atom. The summed E-state index contributed by atoms with van der Waals surface area (Å²) in [6, 6.07) is 7.43. The van der Waals surface area contributed by atoms with Crippen LogP contribution in [0, 0.1) is 6.92 Å². The Morgan fingerprint density at radius 2 is 2.11 bits per heavy atom. The predicted octanol–water partition coefficient (Wildman–Crippen LogP) is 0.652. The molecule has 2 rings (SSSR count). The predicted molar refractivity (Wildman–Crippen MR) is 67.9 cm³/mol. The molecule has 0 aliphatic heterocycles. The van der Waals surface area contributed by atoms with Crippen LogP contribution in [0.4, 0.5) is 0 Å². The van der Waals surface area contributed by atoms with Crippen molar-refractivity contribution in [1.29, 1.82) is 0 Å². The number of benzene rings is 1. The highest BCUT2D eigenvalue weighted by Crippen LogP contribution is 2.20. The van der Waals surface area contributed by atoms with E-state index < -0.39 is 0 Å². The molecule has 0 amide bonds. The van der Waals surface area contributed by atoms with E-state index in [0.717, 1.165) is 11.1 Å². The molecule has 7 heteroatoms. The number of aryl methyl sites for hydroxylation is 1. The first-order valence-electron chi connectivity index (χ1n) is 5.18. The second kappa shape index (κ2) is 5.09. The molecule has 18 heavy (non-hydrogen) atoms. The van der Waals surface area contributed by atoms with Crippen LogP contribution in [-0.4, -0.2) is 22.3 Å². The molecule has 0 spiro atoms. The monoisotopic (exact) mass is 244 g/mol. The SMILES string of the molecule is Cc1noc(-c2ccccc2C=NN=C(N)N)n1. The molecule has 0 bridgehead atoms. The maximum atomic E-state index is 5.18. The molecule has 92 valence electrons. The average Bonchev–Trinajstić information content (AvgIpc) is 2.76. The lowest BCUT2D eigenvalue weighted by Crippen LogP contribution is -2.21. The number of hydrogen-bond donors (Lipinski definition) is 2. The van der Waals surface area contributed by atoms with Crippen LogP contribution in [0.3, 0.4) is 0 Å². The number of guanidine groups is 1. The van der Waals surface area contributed by atoms with Gasteiger partial charge in [0, 0.05) is 11.1 Å². The number of aromatic nitrogens is 2. The Hall–Kier alpha value is -2.70. The molecule has 7 nitrogen and oxygen atoms in total. The van der Waals surface area contributed by atoms with Gasteiger partial charge in [0.05, 0.1) is 6.21 Å². The van der Waals surface area contributed by atoms with Crippen LogP contribution in [0.5, 0.6) is 0 Å². The van der Waals surface area contributed by atoms with E-state index in [9.17, 15) is 0 Å². The second-order valence-corrected chi connectivity index (χ2v) is 3.50. The normalized spacial score (nSPS) is 10.7. The molecule has 0 fully saturated rings. The first-order chi connectivity index (χ1) is 8.66. The third-order valence-corrected chi connectivity index (χ3v) is 2.09. The lowest BCUT2D eigenvalue weighted by Gasteiger charge is -1.98. The molecule has 0 radical (unpaired) electrons. The molecule has 1 aromatic carbocycles. The molecule has 0 aliphatic rings. The van der Waals surface area contributed by atoms with Gasteiger partial charge in [-0.3, -0.25) is 0 Å². The summed E-state index contributed by atoms with van der Waals surface area (Å²) in [7, 11) is 0. The van der Waals surface area contributed by atoms with Gasteiger partial charge in [-0.2, -0.15) is 10.1 Å². The van der Waals surface area contributed by atoms with Crippen molar-refractivity contribution in [3.63, 3.8) is 0 Å². The van der Waals surface area contributed by atoms with Crippen molar-refractivity contribution in [2.75, 3.05) is 0 Å². The lowest BCUT2D eigenvalue weighted by atomic mass is 10.1. The summed E-state index contributed by atoms with van der Waals surface area (Å²) in [5.41, 5.74) is 11.9.